The Bertz CT molecular complexity index is 991. The summed E-state index contributed by atoms with van der Waals surface area (Å²) in [7, 11) is 1.60. The molecule has 13 heteroatoms. The predicted molar refractivity (Wildman–Crippen MR) is 109 cm³/mol. The summed E-state index contributed by atoms with van der Waals surface area (Å²) in [6.07, 6.45) is 3.27. The molecule has 29 heavy (non-hydrogen) atoms. The first-order valence-electron chi connectivity index (χ1n) is 8.76. The van der Waals surface area contributed by atoms with Crippen molar-refractivity contribution in [2.75, 3.05) is 12.4 Å². The fraction of sp³-hybridized carbons (Fsp3) is 0.312. The molecule has 3 atom stereocenters. The summed E-state index contributed by atoms with van der Waals surface area (Å²) in [6.45, 7) is -0.198. The summed E-state index contributed by atoms with van der Waals surface area (Å²) < 4.78 is 14.1. The van der Waals surface area contributed by atoms with E-state index in [2.05, 4.69) is 20.7 Å². The third-order valence-corrected chi connectivity index (χ3v) is 7.02. The number of thiophene rings is 1. The van der Waals surface area contributed by atoms with Crippen LogP contribution in [-0.2, 0) is 27.2 Å². The van der Waals surface area contributed by atoms with Gasteiger partial charge in [-0.3, -0.25) is 14.5 Å². The molecule has 0 saturated carbocycles. The van der Waals surface area contributed by atoms with Gasteiger partial charge in [0.2, 0.25) is 17.1 Å². The molecule has 0 aliphatic carbocycles. The molecule has 4 heterocycles. The van der Waals surface area contributed by atoms with Gasteiger partial charge in [0.15, 0.2) is 6.04 Å². The number of β-lactam (4-membered cyclic amide) rings is 1. The molecule has 0 aromatic carbocycles. The minimum Gasteiger partial charge on any atom is -0.614 e. The highest BCUT2D eigenvalue weighted by molar-refractivity contribution is 7.92. The van der Waals surface area contributed by atoms with E-state index < -0.39 is 22.6 Å². The molecule has 2 amide bonds. The van der Waals surface area contributed by atoms with Crippen LogP contribution in [0.1, 0.15) is 10.7 Å². The second-order valence-corrected chi connectivity index (χ2v) is 9.05. The average molecular weight is 432 g/mol. The van der Waals surface area contributed by atoms with Crippen molar-refractivity contribution in [1.82, 2.24) is 30.3 Å². The second-order valence-electron chi connectivity index (χ2n) is 6.49. The zero-order valence-electron chi connectivity index (χ0n) is 15.4. The lowest BCUT2D eigenvalue weighted by atomic mass is 10.0. The van der Waals surface area contributed by atoms with Crippen LogP contribution in [0.15, 0.2) is 35.2 Å². The second kappa shape index (κ2) is 8.10. The predicted octanol–water partition coefficient (Wildman–Crippen LogP) is -1.95. The number of hydrogen-bond donors (Lipinski definition) is 2. The van der Waals surface area contributed by atoms with Crippen molar-refractivity contribution in [2.45, 2.75) is 17.8 Å². The van der Waals surface area contributed by atoms with E-state index in [0.717, 1.165) is 4.88 Å². The van der Waals surface area contributed by atoms with Gasteiger partial charge in [-0.2, -0.15) is 0 Å². The van der Waals surface area contributed by atoms with Crippen molar-refractivity contribution in [1.29, 1.82) is 0 Å². The molecule has 150 valence electrons. The van der Waals surface area contributed by atoms with Gasteiger partial charge in [-0.05, 0) is 22.6 Å². The van der Waals surface area contributed by atoms with Gasteiger partial charge in [0, 0.05) is 10.5 Å². The Morgan fingerprint density at radius 2 is 2.38 bits per heavy atom. The Balaban J connectivity index is 1.60. The van der Waals surface area contributed by atoms with Crippen molar-refractivity contribution >= 4 is 48.0 Å². The standard InChI is InChI=1S/C16H17BN6O4S2/c17-23-20-14(19-21-23)13-9(3-1-5-24)8-29(27)16-12(15(26)22(13)16)18-11(25)7-10-4-2-6-28-10/h1-4,6,12,16,24H,5,7-8,17H2,(H,18,25)/b3-1-/t12-,16-,29?/m1/s1. The molecular formula is C16H17BN6O4S2. The maximum Gasteiger partial charge on any atom is 0.278 e. The Morgan fingerprint density at radius 3 is 3.03 bits per heavy atom. The number of aliphatic hydroxyl groups excluding tert-OH is 1. The number of tetrazole rings is 1. The van der Waals surface area contributed by atoms with E-state index in [9.17, 15) is 14.1 Å². The van der Waals surface area contributed by atoms with Crippen LogP contribution in [0.3, 0.4) is 0 Å². The average Bonchev–Trinajstić information content (AvgIpc) is 3.35. The van der Waals surface area contributed by atoms with Crippen LogP contribution >= 0.6 is 11.3 Å². The van der Waals surface area contributed by atoms with E-state index >= 15 is 0 Å². The summed E-state index contributed by atoms with van der Waals surface area (Å²) in [6, 6.07) is 2.84. The van der Waals surface area contributed by atoms with Crippen molar-refractivity contribution in [3.05, 3.63) is 45.9 Å². The minimum atomic E-state index is -1.44. The monoisotopic (exact) mass is 432 g/mol. The van der Waals surface area contributed by atoms with Gasteiger partial charge in [0.05, 0.1) is 13.0 Å². The molecule has 0 radical (unpaired) electrons. The Hall–Kier alpha value is -2.48. The van der Waals surface area contributed by atoms with Crippen LogP contribution in [0.25, 0.3) is 5.70 Å². The fourth-order valence-electron chi connectivity index (χ4n) is 3.31. The number of allylic oxidation sites excluding steroid dienone is 1. The molecule has 0 bridgehead atoms. The van der Waals surface area contributed by atoms with Crippen molar-refractivity contribution < 1.29 is 19.2 Å². The number of hydrogen-bond acceptors (Lipinski definition) is 8. The summed E-state index contributed by atoms with van der Waals surface area (Å²) in [5, 5.41) is 24.9. The van der Waals surface area contributed by atoms with Crippen LogP contribution in [0.2, 0.25) is 0 Å². The maximum atomic E-state index is 12.9. The Labute approximate surface area is 173 Å². The van der Waals surface area contributed by atoms with Gasteiger partial charge in [-0.25, -0.2) is 4.71 Å². The topological polar surface area (TPSA) is 136 Å². The number of carbonyl (C=O) groups is 2. The molecule has 1 unspecified atom stereocenters. The molecule has 0 spiro atoms. The van der Waals surface area contributed by atoms with Gasteiger partial charge in [-0.15, -0.1) is 21.5 Å². The fourth-order valence-corrected chi connectivity index (χ4v) is 5.66. The Morgan fingerprint density at radius 1 is 1.55 bits per heavy atom. The first-order chi connectivity index (χ1) is 14.0. The van der Waals surface area contributed by atoms with Crippen molar-refractivity contribution in [3.8, 4) is 0 Å². The summed E-state index contributed by atoms with van der Waals surface area (Å²) in [5.41, 5.74) is 0.972. The summed E-state index contributed by atoms with van der Waals surface area (Å²) in [4.78, 5) is 27.5. The van der Waals surface area contributed by atoms with E-state index in [1.54, 1.807) is 14.1 Å². The highest BCUT2D eigenvalue weighted by Gasteiger charge is 2.60. The van der Waals surface area contributed by atoms with Gasteiger partial charge in [0.25, 0.3) is 13.9 Å². The van der Waals surface area contributed by atoms with E-state index in [1.807, 2.05) is 17.5 Å². The molecule has 2 aliphatic rings. The lowest BCUT2D eigenvalue weighted by Gasteiger charge is -2.49. The van der Waals surface area contributed by atoms with Crippen LogP contribution in [0.5, 0.6) is 0 Å². The van der Waals surface area contributed by atoms with Gasteiger partial charge in [0.1, 0.15) is 11.4 Å². The number of aromatic nitrogens is 4. The number of aliphatic hydroxyl groups is 1. The number of amides is 2. The molecular weight excluding hydrogens is 415 g/mol. The quantitative estimate of drug-likeness (QED) is 0.308. The van der Waals surface area contributed by atoms with Gasteiger partial charge in [-0.1, -0.05) is 23.4 Å². The minimum absolute atomic E-state index is 0.149. The lowest BCUT2D eigenvalue weighted by molar-refractivity contribution is -0.144. The number of carbonyl (C=O) groups excluding carboxylic acids is 2. The molecule has 4 rings (SSSR count). The maximum absolute atomic E-state index is 12.9. The number of nitrogens with zero attached hydrogens (tertiary/aromatic N) is 5. The molecule has 2 aromatic rings. The highest BCUT2D eigenvalue weighted by Crippen LogP contribution is 2.40. The van der Waals surface area contributed by atoms with Gasteiger partial charge >= 0.3 is 0 Å². The molecule has 10 nitrogen and oxygen atoms in total. The SMILES string of the molecule is Bn1nnc(C2=C(/C=C\CO)C[S+]([O-])[C@@H]3[C@H](NC(=O)Cc4cccs4)C(=O)N23)n1. The number of rotatable bonds is 6. The van der Waals surface area contributed by atoms with E-state index in [4.69, 9.17) is 5.11 Å². The van der Waals surface area contributed by atoms with E-state index in [1.165, 1.54) is 27.0 Å². The molecule has 1 saturated heterocycles. The molecule has 2 aromatic heterocycles. The van der Waals surface area contributed by atoms with Crippen molar-refractivity contribution in [3.63, 3.8) is 0 Å². The summed E-state index contributed by atoms with van der Waals surface area (Å²) >= 11 is 0.0226. The largest absolute Gasteiger partial charge is 0.614 e. The smallest absolute Gasteiger partial charge is 0.278 e. The third-order valence-electron chi connectivity index (χ3n) is 4.53. The van der Waals surface area contributed by atoms with Crippen LogP contribution in [-0.4, -0.2) is 78.2 Å². The lowest BCUT2D eigenvalue weighted by Crippen LogP contribution is -2.74. The number of fused-ring (bicyclic) bond motifs is 1. The highest BCUT2D eigenvalue weighted by atomic mass is 32.2. The van der Waals surface area contributed by atoms with Crippen molar-refractivity contribution in [2.24, 2.45) is 0 Å². The first-order valence-corrected chi connectivity index (χ1v) is 11.0. The van der Waals surface area contributed by atoms with Crippen LogP contribution in [0, 0.1) is 0 Å². The Kier molecular flexibility index (Phi) is 5.54. The molecule has 1 fully saturated rings. The zero-order chi connectivity index (χ0) is 20.5. The van der Waals surface area contributed by atoms with Crippen LogP contribution in [0.4, 0.5) is 0 Å². The number of nitrogens with one attached hydrogen (secondary N) is 1. The van der Waals surface area contributed by atoms with Gasteiger partial charge < -0.3 is 15.0 Å². The van der Waals surface area contributed by atoms with Crippen LogP contribution < -0.4 is 5.32 Å². The summed E-state index contributed by atoms with van der Waals surface area (Å²) in [5.74, 6) is -0.296. The molecule has 2 aliphatic heterocycles. The third kappa shape index (κ3) is 3.73. The molecule has 2 N–H and O–H groups in total. The first kappa shape index (κ1) is 19.8. The normalized spacial score (nSPS) is 24.0. The van der Waals surface area contributed by atoms with E-state index in [0.29, 0.717) is 11.3 Å². The van der Waals surface area contributed by atoms with E-state index in [-0.39, 0.29) is 36.4 Å². The zero-order valence-corrected chi connectivity index (χ0v) is 17.0.